The van der Waals surface area contributed by atoms with E-state index in [0.717, 1.165) is 22.5 Å². The van der Waals surface area contributed by atoms with Crippen LogP contribution in [-0.4, -0.2) is 26.8 Å². The number of nitrogens with one attached hydrogen (secondary N) is 1. The molecule has 2 amide bonds. The second-order valence-corrected chi connectivity index (χ2v) is 6.28. The lowest BCUT2D eigenvalue weighted by molar-refractivity contribution is 0.193. The maximum absolute atomic E-state index is 11.0. The van der Waals surface area contributed by atoms with Gasteiger partial charge in [-0.05, 0) is 24.6 Å². The van der Waals surface area contributed by atoms with Crippen molar-refractivity contribution in [1.82, 2.24) is 9.55 Å². The lowest BCUT2D eigenvalue weighted by Crippen LogP contribution is -2.19. The standard InChI is InChI=1S/C20H22N4O2/c1-14(25)10-18-19(16-7-3-2-4-8-16)22-13-24(18)12-15-6-5-9-17(11-15)23-20(21)26/h2-9,11,13-14,25H,10,12H2,1H3,(H3,21,23,26). The normalized spacial score (nSPS) is 11.9. The lowest BCUT2D eigenvalue weighted by Gasteiger charge is -2.13. The van der Waals surface area contributed by atoms with Crippen molar-refractivity contribution in [3.63, 3.8) is 0 Å². The molecule has 1 unspecified atom stereocenters. The largest absolute Gasteiger partial charge is 0.393 e. The predicted molar refractivity (Wildman–Crippen MR) is 102 cm³/mol. The molecule has 2 aromatic carbocycles. The monoisotopic (exact) mass is 350 g/mol. The summed E-state index contributed by atoms with van der Waals surface area (Å²) in [7, 11) is 0. The molecule has 3 rings (SSSR count). The average molecular weight is 350 g/mol. The van der Waals surface area contributed by atoms with Crippen molar-refractivity contribution in [2.75, 3.05) is 5.32 Å². The van der Waals surface area contributed by atoms with Crippen LogP contribution in [0.2, 0.25) is 0 Å². The van der Waals surface area contributed by atoms with Crippen molar-refractivity contribution in [2.45, 2.75) is 26.0 Å². The molecule has 3 aromatic rings. The molecule has 1 atom stereocenters. The molecule has 0 aliphatic rings. The van der Waals surface area contributed by atoms with E-state index in [1.807, 2.05) is 53.1 Å². The highest BCUT2D eigenvalue weighted by Crippen LogP contribution is 2.24. The van der Waals surface area contributed by atoms with Gasteiger partial charge >= 0.3 is 6.03 Å². The Kier molecular flexibility index (Phi) is 5.34. The molecule has 0 saturated carbocycles. The van der Waals surface area contributed by atoms with E-state index >= 15 is 0 Å². The number of primary amides is 1. The van der Waals surface area contributed by atoms with Gasteiger partial charge in [-0.1, -0.05) is 42.5 Å². The van der Waals surface area contributed by atoms with Gasteiger partial charge in [0, 0.05) is 29.9 Å². The Hall–Kier alpha value is -3.12. The zero-order valence-electron chi connectivity index (χ0n) is 14.6. The number of imidazole rings is 1. The second kappa shape index (κ2) is 7.84. The fourth-order valence-electron chi connectivity index (χ4n) is 2.96. The van der Waals surface area contributed by atoms with E-state index in [0.29, 0.717) is 18.7 Å². The first kappa shape index (κ1) is 17.7. The molecule has 0 bridgehead atoms. The molecule has 1 aromatic heterocycles. The highest BCUT2D eigenvalue weighted by atomic mass is 16.3. The summed E-state index contributed by atoms with van der Waals surface area (Å²) in [4.78, 5) is 15.6. The van der Waals surface area contributed by atoms with E-state index in [2.05, 4.69) is 10.3 Å². The van der Waals surface area contributed by atoms with Crippen LogP contribution in [0.1, 0.15) is 18.2 Å². The number of nitrogens with zero attached hydrogens (tertiary/aromatic N) is 2. The number of hydrogen-bond acceptors (Lipinski definition) is 3. The Labute approximate surface area is 152 Å². The Morgan fingerprint density at radius 3 is 2.69 bits per heavy atom. The highest BCUT2D eigenvalue weighted by molar-refractivity contribution is 5.87. The van der Waals surface area contributed by atoms with E-state index < -0.39 is 12.1 Å². The molecule has 6 nitrogen and oxygen atoms in total. The van der Waals surface area contributed by atoms with E-state index in [4.69, 9.17) is 5.73 Å². The first-order valence-electron chi connectivity index (χ1n) is 8.46. The summed E-state index contributed by atoms with van der Waals surface area (Å²) < 4.78 is 2.03. The summed E-state index contributed by atoms with van der Waals surface area (Å²) >= 11 is 0. The molecular formula is C20H22N4O2. The second-order valence-electron chi connectivity index (χ2n) is 6.28. The number of carbonyl (C=O) groups excluding carboxylic acids is 1. The van der Waals surface area contributed by atoms with E-state index in [9.17, 15) is 9.90 Å². The number of aromatic nitrogens is 2. The fourth-order valence-corrected chi connectivity index (χ4v) is 2.96. The van der Waals surface area contributed by atoms with Crippen LogP contribution in [0.3, 0.4) is 0 Å². The van der Waals surface area contributed by atoms with Gasteiger partial charge in [-0.25, -0.2) is 9.78 Å². The molecule has 0 aliphatic carbocycles. The van der Waals surface area contributed by atoms with Crippen molar-refractivity contribution in [1.29, 1.82) is 0 Å². The topological polar surface area (TPSA) is 93.2 Å². The third kappa shape index (κ3) is 4.29. The van der Waals surface area contributed by atoms with Gasteiger partial charge in [0.05, 0.1) is 18.1 Å². The third-order valence-corrected chi connectivity index (χ3v) is 4.03. The van der Waals surface area contributed by atoms with Crippen LogP contribution in [0.5, 0.6) is 0 Å². The minimum atomic E-state index is -0.592. The van der Waals surface area contributed by atoms with E-state index in [-0.39, 0.29) is 0 Å². The Morgan fingerprint density at radius 2 is 2.00 bits per heavy atom. The zero-order chi connectivity index (χ0) is 18.5. The van der Waals surface area contributed by atoms with Gasteiger partial charge in [-0.15, -0.1) is 0 Å². The van der Waals surface area contributed by atoms with Crippen molar-refractivity contribution in [3.05, 3.63) is 72.2 Å². The molecule has 4 N–H and O–H groups in total. The van der Waals surface area contributed by atoms with Crippen LogP contribution in [0.15, 0.2) is 60.9 Å². The zero-order valence-corrected chi connectivity index (χ0v) is 14.6. The molecule has 0 radical (unpaired) electrons. The first-order chi connectivity index (χ1) is 12.5. The lowest BCUT2D eigenvalue weighted by atomic mass is 10.1. The summed E-state index contributed by atoms with van der Waals surface area (Å²) in [6.07, 6.45) is 1.81. The van der Waals surface area contributed by atoms with Crippen LogP contribution >= 0.6 is 0 Å². The van der Waals surface area contributed by atoms with Gasteiger partial charge in [0.25, 0.3) is 0 Å². The van der Waals surface area contributed by atoms with Gasteiger partial charge in [0.15, 0.2) is 0 Å². The fraction of sp³-hybridized carbons (Fsp3) is 0.200. The molecular weight excluding hydrogens is 328 g/mol. The van der Waals surface area contributed by atoms with Crippen molar-refractivity contribution in [2.24, 2.45) is 5.73 Å². The number of nitrogens with two attached hydrogens (primary N) is 1. The van der Waals surface area contributed by atoms with Crippen molar-refractivity contribution in [3.8, 4) is 11.3 Å². The van der Waals surface area contributed by atoms with Crippen LogP contribution in [0.4, 0.5) is 10.5 Å². The smallest absolute Gasteiger partial charge is 0.316 e. The summed E-state index contributed by atoms with van der Waals surface area (Å²) in [5.74, 6) is 0. The molecule has 0 aliphatic heterocycles. The van der Waals surface area contributed by atoms with Crippen LogP contribution in [-0.2, 0) is 13.0 Å². The Morgan fingerprint density at radius 1 is 1.23 bits per heavy atom. The number of aliphatic hydroxyl groups is 1. The van der Waals surface area contributed by atoms with E-state index in [1.165, 1.54) is 0 Å². The third-order valence-electron chi connectivity index (χ3n) is 4.03. The molecule has 134 valence electrons. The molecule has 1 heterocycles. The highest BCUT2D eigenvalue weighted by Gasteiger charge is 2.15. The van der Waals surface area contributed by atoms with Gasteiger partial charge in [0.1, 0.15) is 0 Å². The van der Waals surface area contributed by atoms with Gasteiger partial charge < -0.3 is 20.7 Å². The number of urea groups is 1. The van der Waals surface area contributed by atoms with Crippen molar-refractivity contribution < 1.29 is 9.90 Å². The summed E-state index contributed by atoms with van der Waals surface area (Å²) in [5, 5.41) is 12.5. The maximum Gasteiger partial charge on any atom is 0.316 e. The van der Waals surface area contributed by atoms with Crippen LogP contribution in [0.25, 0.3) is 11.3 Å². The maximum atomic E-state index is 11.0. The quantitative estimate of drug-likeness (QED) is 0.638. The Balaban J connectivity index is 1.93. The minimum absolute atomic E-state index is 0.476. The summed E-state index contributed by atoms with van der Waals surface area (Å²) in [6.45, 7) is 2.35. The molecule has 0 saturated heterocycles. The van der Waals surface area contributed by atoms with Crippen LogP contribution < -0.4 is 11.1 Å². The number of benzene rings is 2. The Bertz CT molecular complexity index is 888. The minimum Gasteiger partial charge on any atom is -0.393 e. The number of anilines is 1. The molecule has 6 heteroatoms. The van der Waals surface area contributed by atoms with Gasteiger partial charge in [-0.2, -0.15) is 0 Å². The van der Waals surface area contributed by atoms with Crippen LogP contribution in [0, 0.1) is 0 Å². The number of aliphatic hydroxyl groups excluding tert-OH is 1. The summed E-state index contributed by atoms with van der Waals surface area (Å²) in [5.41, 5.74) is 9.69. The van der Waals surface area contributed by atoms with Gasteiger partial charge in [0.2, 0.25) is 0 Å². The first-order valence-corrected chi connectivity index (χ1v) is 8.46. The number of hydrogen-bond donors (Lipinski definition) is 3. The summed E-state index contributed by atoms with van der Waals surface area (Å²) in [6, 6.07) is 16.8. The van der Waals surface area contributed by atoms with Crippen molar-refractivity contribution >= 4 is 11.7 Å². The number of rotatable bonds is 6. The SMILES string of the molecule is CC(O)Cc1c(-c2ccccc2)ncn1Cc1cccc(NC(N)=O)c1. The number of carbonyl (C=O) groups is 1. The number of amides is 2. The van der Waals surface area contributed by atoms with E-state index in [1.54, 1.807) is 19.3 Å². The average Bonchev–Trinajstić information content (AvgIpc) is 2.97. The molecule has 0 spiro atoms. The van der Waals surface area contributed by atoms with Gasteiger partial charge in [-0.3, -0.25) is 0 Å². The predicted octanol–water partition coefficient (Wildman–Crippen LogP) is 3.01. The molecule has 0 fully saturated rings. The molecule has 26 heavy (non-hydrogen) atoms.